The fraction of sp³-hybridized carbons (Fsp3) is 0.182. The summed E-state index contributed by atoms with van der Waals surface area (Å²) in [6.07, 6.45) is 0. The van der Waals surface area contributed by atoms with Gasteiger partial charge >= 0.3 is 0 Å². The molecule has 0 aliphatic heterocycles. The highest BCUT2D eigenvalue weighted by Gasteiger charge is 2.21. The molecular formula is C22H18Br2N6O. The molecule has 5 aromatic rings. The van der Waals surface area contributed by atoms with Crippen LogP contribution in [0.3, 0.4) is 0 Å². The third-order valence-electron chi connectivity index (χ3n) is 5.16. The lowest BCUT2D eigenvalue weighted by Gasteiger charge is -2.06. The number of aryl methyl sites for hydroxylation is 1. The van der Waals surface area contributed by atoms with E-state index in [9.17, 15) is 0 Å². The zero-order valence-electron chi connectivity index (χ0n) is 16.9. The summed E-state index contributed by atoms with van der Waals surface area (Å²) in [6.45, 7) is 3.25. The maximum atomic E-state index is 5.24. The van der Waals surface area contributed by atoms with Crippen LogP contribution in [0, 0.1) is 6.92 Å². The molecule has 156 valence electrons. The van der Waals surface area contributed by atoms with Crippen molar-refractivity contribution < 1.29 is 4.74 Å². The Labute approximate surface area is 195 Å². The number of hydrogen-bond acceptors (Lipinski definition) is 5. The van der Waals surface area contributed by atoms with E-state index in [1.807, 2.05) is 28.9 Å². The number of benzene rings is 3. The predicted molar refractivity (Wildman–Crippen MR) is 126 cm³/mol. The SMILES string of the molecule is COc1ccc(Cn2nnc3c(Br)c4nn(Cc5ccc(C)cc5)nc4c(Br)c32)cc1. The molecule has 0 saturated heterocycles. The van der Waals surface area contributed by atoms with Gasteiger partial charge in [0.1, 0.15) is 27.8 Å². The Bertz CT molecular complexity index is 1390. The van der Waals surface area contributed by atoms with Gasteiger partial charge in [-0.15, -0.1) is 5.10 Å². The Morgan fingerprint density at radius 1 is 0.806 bits per heavy atom. The number of fused-ring (bicyclic) bond motifs is 2. The molecule has 0 fully saturated rings. The molecule has 3 aromatic carbocycles. The summed E-state index contributed by atoms with van der Waals surface area (Å²) in [4.78, 5) is 1.71. The van der Waals surface area contributed by atoms with Gasteiger partial charge in [-0.1, -0.05) is 47.2 Å². The molecule has 0 saturated carbocycles. The monoisotopic (exact) mass is 540 g/mol. The van der Waals surface area contributed by atoms with E-state index in [1.54, 1.807) is 11.9 Å². The van der Waals surface area contributed by atoms with Gasteiger partial charge in [-0.3, -0.25) is 0 Å². The summed E-state index contributed by atoms with van der Waals surface area (Å²) >= 11 is 7.41. The number of hydrogen-bond donors (Lipinski definition) is 0. The maximum Gasteiger partial charge on any atom is 0.131 e. The van der Waals surface area contributed by atoms with Crippen molar-refractivity contribution in [1.82, 2.24) is 30.0 Å². The Morgan fingerprint density at radius 2 is 1.42 bits per heavy atom. The molecule has 0 aliphatic rings. The zero-order valence-corrected chi connectivity index (χ0v) is 20.1. The van der Waals surface area contributed by atoms with Crippen molar-refractivity contribution >= 4 is 53.9 Å². The van der Waals surface area contributed by atoms with E-state index in [0.29, 0.717) is 13.1 Å². The van der Waals surface area contributed by atoms with E-state index in [2.05, 4.69) is 73.4 Å². The molecule has 0 atom stereocenters. The Balaban J connectivity index is 1.55. The van der Waals surface area contributed by atoms with Crippen molar-refractivity contribution in [3.63, 3.8) is 0 Å². The molecule has 2 aromatic heterocycles. The van der Waals surface area contributed by atoms with E-state index < -0.39 is 0 Å². The van der Waals surface area contributed by atoms with Gasteiger partial charge in [0, 0.05) is 0 Å². The zero-order chi connectivity index (χ0) is 21.5. The first-order valence-corrected chi connectivity index (χ1v) is 11.3. The van der Waals surface area contributed by atoms with Crippen molar-refractivity contribution in [3.05, 3.63) is 74.2 Å². The van der Waals surface area contributed by atoms with Crippen molar-refractivity contribution in [3.8, 4) is 5.75 Å². The van der Waals surface area contributed by atoms with Crippen molar-refractivity contribution in [2.45, 2.75) is 20.0 Å². The third-order valence-corrected chi connectivity index (χ3v) is 6.66. The minimum atomic E-state index is 0.578. The second-order valence-electron chi connectivity index (χ2n) is 7.33. The van der Waals surface area contributed by atoms with Crippen LogP contribution in [-0.4, -0.2) is 37.1 Å². The fourth-order valence-corrected chi connectivity index (χ4v) is 4.68. The van der Waals surface area contributed by atoms with E-state index in [1.165, 1.54) is 5.56 Å². The summed E-state index contributed by atoms with van der Waals surface area (Å²) in [5.74, 6) is 0.822. The molecule has 2 heterocycles. The summed E-state index contributed by atoms with van der Waals surface area (Å²) in [5, 5.41) is 18.2. The molecule has 0 spiro atoms. The normalized spacial score (nSPS) is 11.5. The predicted octanol–water partition coefficient (Wildman–Crippen LogP) is 5.11. The molecule has 0 amide bonds. The first-order valence-electron chi connectivity index (χ1n) is 9.67. The molecule has 7 nitrogen and oxygen atoms in total. The van der Waals surface area contributed by atoms with E-state index in [4.69, 9.17) is 14.9 Å². The molecular weight excluding hydrogens is 524 g/mol. The minimum Gasteiger partial charge on any atom is -0.497 e. The topological polar surface area (TPSA) is 70.7 Å². The number of halogens is 2. The highest BCUT2D eigenvalue weighted by molar-refractivity contribution is 9.11. The second kappa shape index (κ2) is 8.05. The largest absolute Gasteiger partial charge is 0.497 e. The van der Waals surface area contributed by atoms with Gasteiger partial charge in [0.25, 0.3) is 0 Å². The first kappa shape index (κ1) is 20.1. The van der Waals surface area contributed by atoms with Gasteiger partial charge in [-0.25, -0.2) is 4.68 Å². The number of nitrogens with zero attached hydrogens (tertiary/aromatic N) is 6. The first-order chi connectivity index (χ1) is 15.0. The molecule has 5 rings (SSSR count). The van der Waals surface area contributed by atoms with Gasteiger partial charge in [-0.05, 0) is 62.0 Å². The van der Waals surface area contributed by atoms with Gasteiger partial charge in [0.15, 0.2) is 0 Å². The fourth-order valence-electron chi connectivity index (χ4n) is 3.49. The van der Waals surface area contributed by atoms with E-state index >= 15 is 0 Å². The van der Waals surface area contributed by atoms with Gasteiger partial charge in [0.2, 0.25) is 0 Å². The Kier molecular flexibility index (Phi) is 5.23. The third kappa shape index (κ3) is 3.72. The molecule has 31 heavy (non-hydrogen) atoms. The highest BCUT2D eigenvalue weighted by Crippen LogP contribution is 2.36. The lowest BCUT2D eigenvalue weighted by molar-refractivity contribution is 0.414. The number of rotatable bonds is 5. The minimum absolute atomic E-state index is 0.578. The molecule has 0 aliphatic carbocycles. The summed E-state index contributed by atoms with van der Waals surface area (Å²) < 4.78 is 8.72. The van der Waals surface area contributed by atoms with Gasteiger partial charge < -0.3 is 4.74 Å². The average Bonchev–Trinajstić information content (AvgIpc) is 3.39. The lowest BCUT2D eigenvalue weighted by atomic mass is 10.1. The van der Waals surface area contributed by atoms with Crippen LogP contribution in [-0.2, 0) is 13.1 Å². The summed E-state index contributed by atoms with van der Waals surface area (Å²) in [6, 6.07) is 16.3. The van der Waals surface area contributed by atoms with E-state index in [-0.39, 0.29) is 0 Å². The standard InChI is InChI=1S/C22H18Br2N6O/c1-13-3-5-15(6-4-13)12-30-26-19-17(23)21-22(18(24)20(19)27-30)29(28-25-21)11-14-7-9-16(31-2)10-8-14/h3-10H,11-12H2,1-2H3. The molecule has 9 heteroatoms. The highest BCUT2D eigenvalue weighted by atomic mass is 79.9. The molecule has 0 bridgehead atoms. The summed E-state index contributed by atoms with van der Waals surface area (Å²) in [7, 11) is 1.66. The molecule has 0 radical (unpaired) electrons. The lowest BCUT2D eigenvalue weighted by Crippen LogP contribution is -2.03. The van der Waals surface area contributed by atoms with Crippen LogP contribution >= 0.6 is 31.9 Å². The number of methoxy groups -OCH3 is 1. The Hall–Kier alpha value is -2.78. The summed E-state index contributed by atoms with van der Waals surface area (Å²) in [5.41, 5.74) is 6.61. The van der Waals surface area contributed by atoms with Crippen molar-refractivity contribution in [2.75, 3.05) is 7.11 Å². The van der Waals surface area contributed by atoms with Crippen molar-refractivity contribution in [1.29, 1.82) is 0 Å². The maximum absolute atomic E-state index is 5.24. The number of ether oxygens (including phenoxy) is 1. The Morgan fingerprint density at radius 3 is 2.10 bits per heavy atom. The van der Waals surface area contributed by atoms with Crippen LogP contribution < -0.4 is 4.74 Å². The van der Waals surface area contributed by atoms with Crippen LogP contribution in [0.4, 0.5) is 0 Å². The van der Waals surface area contributed by atoms with Gasteiger partial charge in [0.05, 0.1) is 29.1 Å². The van der Waals surface area contributed by atoms with Crippen LogP contribution in [0.5, 0.6) is 5.75 Å². The van der Waals surface area contributed by atoms with Crippen molar-refractivity contribution in [2.24, 2.45) is 0 Å². The smallest absolute Gasteiger partial charge is 0.131 e. The number of aromatic nitrogens is 6. The second-order valence-corrected chi connectivity index (χ2v) is 8.92. The van der Waals surface area contributed by atoms with Gasteiger partial charge in [-0.2, -0.15) is 15.0 Å². The molecule has 0 unspecified atom stereocenters. The van der Waals surface area contributed by atoms with Crippen LogP contribution in [0.25, 0.3) is 22.1 Å². The average molecular weight is 542 g/mol. The van der Waals surface area contributed by atoms with Crippen LogP contribution in [0.2, 0.25) is 0 Å². The van der Waals surface area contributed by atoms with E-state index in [0.717, 1.165) is 47.9 Å². The van der Waals surface area contributed by atoms with Crippen LogP contribution in [0.1, 0.15) is 16.7 Å². The quantitative estimate of drug-likeness (QED) is 0.309. The molecule has 0 N–H and O–H groups in total. The van der Waals surface area contributed by atoms with Crippen LogP contribution in [0.15, 0.2) is 57.5 Å².